The Hall–Kier alpha value is -1.89. The first-order valence-corrected chi connectivity index (χ1v) is 12.5. The Balaban J connectivity index is 1.86. The molecule has 1 heterocycles. The number of nitrogens with zero attached hydrogens (tertiary/aromatic N) is 1. The summed E-state index contributed by atoms with van der Waals surface area (Å²) in [6, 6.07) is 10.1. The van der Waals surface area contributed by atoms with Crippen LogP contribution in [0.1, 0.15) is 52.1 Å². The topological polar surface area (TPSA) is 51.1 Å². The van der Waals surface area contributed by atoms with Crippen LogP contribution < -0.4 is 4.72 Å². The largest absolute Gasteiger partial charge is 0.347 e. The molecule has 4 nitrogen and oxygen atoms in total. The Bertz CT molecular complexity index is 1240. The summed E-state index contributed by atoms with van der Waals surface area (Å²) >= 11 is 6.34. The van der Waals surface area contributed by atoms with Gasteiger partial charge in [-0.25, -0.2) is 17.5 Å². The van der Waals surface area contributed by atoms with Crippen molar-refractivity contribution >= 4 is 32.5 Å². The zero-order chi connectivity index (χ0) is 22.6. The van der Waals surface area contributed by atoms with Crippen LogP contribution in [0.25, 0.3) is 22.0 Å². The van der Waals surface area contributed by atoms with Crippen LogP contribution >= 0.6 is 11.6 Å². The third-order valence-electron chi connectivity index (χ3n) is 5.58. The molecule has 1 N–H and O–H groups in total. The molecule has 1 atom stereocenters. The molecule has 0 radical (unpaired) electrons. The van der Waals surface area contributed by atoms with Crippen LogP contribution in [0.4, 0.5) is 4.39 Å². The SMILES string of the molecule is C[C@@H](NS(=O)(=O)C1CC1)c1cn(CC(C)(C)C)c2cc(-c3ccccc3Cl)c(F)cc12. The van der Waals surface area contributed by atoms with E-state index in [1.54, 1.807) is 12.1 Å². The minimum absolute atomic E-state index is 0.0150. The third kappa shape index (κ3) is 4.66. The molecule has 0 amide bonds. The van der Waals surface area contributed by atoms with E-state index in [4.69, 9.17) is 11.6 Å². The van der Waals surface area contributed by atoms with Crippen molar-refractivity contribution in [2.45, 2.75) is 58.4 Å². The van der Waals surface area contributed by atoms with Crippen molar-refractivity contribution in [2.24, 2.45) is 5.41 Å². The van der Waals surface area contributed by atoms with E-state index in [2.05, 4.69) is 30.1 Å². The molecule has 0 spiro atoms. The quantitative estimate of drug-likeness (QED) is 0.468. The number of halogens is 2. The molecule has 0 bridgehead atoms. The van der Waals surface area contributed by atoms with Gasteiger partial charge in [0, 0.05) is 45.8 Å². The van der Waals surface area contributed by atoms with E-state index in [9.17, 15) is 8.42 Å². The van der Waals surface area contributed by atoms with Gasteiger partial charge in [0.05, 0.1) is 5.25 Å². The predicted octanol–water partition coefficient (Wildman–Crippen LogP) is 6.29. The summed E-state index contributed by atoms with van der Waals surface area (Å²) in [5, 5.41) is 0.894. The van der Waals surface area contributed by atoms with Gasteiger partial charge in [0.2, 0.25) is 10.0 Å². The Morgan fingerprint density at radius 2 is 1.87 bits per heavy atom. The second-order valence-electron chi connectivity index (χ2n) is 9.69. The van der Waals surface area contributed by atoms with Gasteiger partial charge < -0.3 is 4.57 Å². The van der Waals surface area contributed by atoms with Gasteiger partial charge in [-0.05, 0) is 48.9 Å². The van der Waals surface area contributed by atoms with Gasteiger partial charge in [0.25, 0.3) is 0 Å². The Morgan fingerprint density at radius 1 is 1.19 bits per heavy atom. The van der Waals surface area contributed by atoms with Gasteiger partial charge in [0.1, 0.15) is 5.82 Å². The van der Waals surface area contributed by atoms with Gasteiger partial charge in [-0.2, -0.15) is 0 Å². The van der Waals surface area contributed by atoms with Crippen LogP contribution in [0, 0.1) is 11.2 Å². The summed E-state index contributed by atoms with van der Waals surface area (Å²) in [6.45, 7) is 8.93. The fraction of sp³-hybridized carbons (Fsp3) is 0.417. The average molecular weight is 463 g/mol. The van der Waals surface area contributed by atoms with Crippen molar-refractivity contribution in [3.8, 4) is 11.1 Å². The highest BCUT2D eigenvalue weighted by Crippen LogP contribution is 2.37. The van der Waals surface area contributed by atoms with Crippen LogP contribution in [0.15, 0.2) is 42.6 Å². The first-order chi connectivity index (χ1) is 14.5. The number of hydrogen-bond donors (Lipinski definition) is 1. The lowest BCUT2D eigenvalue weighted by molar-refractivity contribution is 0.349. The normalized spacial score (nSPS) is 16.1. The minimum Gasteiger partial charge on any atom is -0.347 e. The zero-order valence-electron chi connectivity index (χ0n) is 18.2. The number of rotatable bonds is 6. The molecular weight excluding hydrogens is 435 g/mol. The molecule has 0 aliphatic heterocycles. The highest BCUT2D eigenvalue weighted by Gasteiger charge is 2.37. The Kier molecular flexibility index (Phi) is 5.69. The second kappa shape index (κ2) is 7.91. The van der Waals surface area contributed by atoms with Crippen molar-refractivity contribution in [3.05, 3.63) is 59.0 Å². The van der Waals surface area contributed by atoms with Crippen LogP contribution in [0.2, 0.25) is 5.02 Å². The molecule has 7 heteroatoms. The fourth-order valence-electron chi connectivity index (χ4n) is 4.00. The Morgan fingerprint density at radius 3 is 2.48 bits per heavy atom. The van der Waals surface area contributed by atoms with Crippen molar-refractivity contribution in [2.75, 3.05) is 0 Å². The van der Waals surface area contributed by atoms with E-state index >= 15 is 4.39 Å². The summed E-state index contributed by atoms with van der Waals surface area (Å²) in [6.07, 6.45) is 3.35. The summed E-state index contributed by atoms with van der Waals surface area (Å²) in [4.78, 5) is 0. The summed E-state index contributed by atoms with van der Waals surface area (Å²) in [7, 11) is -3.37. The minimum atomic E-state index is -3.37. The number of benzene rings is 2. The summed E-state index contributed by atoms with van der Waals surface area (Å²) < 4.78 is 45.1. The lowest BCUT2D eigenvalue weighted by atomic mass is 9.96. The van der Waals surface area contributed by atoms with Crippen molar-refractivity contribution in [1.82, 2.24) is 9.29 Å². The fourth-order valence-corrected chi connectivity index (χ4v) is 5.80. The van der Waals surface area contributed by atoms with Gasteiger partial charge in [-0.3, -0.25) is 0 Å². The van der Waals surface area contributed by atoms with Crippen molar-refractivity contribution < 1.29 is 12.8 Å². The van der Waals surface area contributed by atoms with Crippen LogP contribution in [-0.4, -0.2) is 18.2 Å². The van der Waals surface area contributed by atoms with Gasteiger partial charge >= 0.3 is 0 Å². The summed E-state index contributed by atoms with van der Waals surface area (Å²) in [5.41, 5.74) is 2.69. The zero-order valence-corrected chi connectivity index (χ0v) is 19.8. The summed E-state index contributed by atoms with van der Waals surface area (Å²) in [5.74, 6) is -0.382. The smallest absolute Gasteiger partial charge is 0.215 e. The number of hydrogen-bond acceptors (Lipinski definition) is 2. The van der Waals surface area contributed by atoms with Crippen LogP contribution in [-0.2, 0) is 16.6 Å². The number of sulfonamides is 1. The molecular formula is C24H28ClFN2O2S. The van der Waals surface area contributed by atoms with E-state index in [1.807, 2.05) is 31.3 Å². The lowest BCUT2D eigenvalue weighted by Crippen LogP contribution is -2.29. The molecule has 2 aromatic carbocycles. The maximum atomic E-state index is 15.2. The van der Waals surface area contributed by atoms with Crippen LogP contribution in [0.5, 0.6) is 0 Å². The number of fused-ring (bicyclic) bond motifs is 1. The van der Waals surface area contributed by atoms with Crippen LogP contribution in [0.3, 0.4) is 0 Å². The van der Waals surface area contributed by atoms with Crippen molar-refractivity contribution in [1.29, 1.82) is 0 Å². The predicted molar refractivity (Wildman–Crippen MR) is 125 cm³/mol. The second-order valence-corrected chi connectivity index (χ2v) is 12.1. The molecule has 0 saturated heterocycles. The van der Waals surface area contributed by atoms with E-state index in [-0.39, 0.29) is 16.5 Å². The van der Waals surface area contributed by atoms with Crippen molar-refractivity contribution in [3.63, 3.8) is 0 Å². The first-order valence-electron chi connectivity index (χ1n) is 10.5. The first kappa shape index (κ1) is 22.3. The molecule has 3 aromatic rings. The number of aromatic nitrogens is 1. The third-order valence-corrected chi connectivity index (χ3v) is 7.94. The maximum absolute atomic E-state index is 15.2. The standard InChI is InChI=1S/C24H28ClFN2O2S/c1-15(27-31(29,30)16-9-10-16)20-13-28(14-24(2,3)4)23-12-18(22(26)11-19(20)23)17-7-5-6-8-21(17)25/h5-8,11-13,15-16,27H,9-10,14H2,1-4H3/t15-/m1/s1. The highest BCUT2D eigenvalue weighted by atomic mass is 35.5. The Labute approximate surface area is 188 Å². The monoisotopic (exact) mass is 462 g/mol. The van der Waals surface area contributed by atoms with E-state index < -0.39 is 16.1 Å². The molecule has 4 rings (SSSR count). The van der Waals surface area contributed by atoms with E-state index in [0.717, 1.165) is 11.1 Å². The molecule has 1 aliphatic carbocycles. The maximum Gasteiger partial charge on any atom is 0.215 e. The van der Waals surface area contributed by atoms with Gasteiger partial charge in [-0.15, -0.1) is 0 Å². The van der Waals surface area contributed by atoms with E-state index in [1.165, 1.54) is 6.07 Å². The van der Waals surface area contributed by atoms with Gasteiger partial charge in [0.15, 0.2) is 0 Å². The lowest BCUT2D eigenvalue weighted by Gasteiger charge is -2.20. The molecule has 166 valence electrons. The molecule has 1 aliphatic rings. The molecule has 0 unspecified atom stereocenters. The molecule has 1 aromatic heterocycles. The molecule has 31 heavy (non-hydrogen) atoms. The highest BCUT2D eigenvalue weighted by molar-refractivity contribution is 7.90. The molecule has 1 fully saturated rings. The molecule has 1 saturated carbocycles. The van der Waals surface area contributed by atoms with E-state index in [0.29, 0.717) is 40.9 Å². The van der Waals surface area contributed by atoms with Gasteiger partial charge in [-0.1, -0.05) is 50.6 Å². The number of nitrogens with one attached hydrogen (secondary N) is 1. The average Bonchev–Trinajstić information content (AvgIpc) is 3.46.